The molecule has 2 unspecified atom stereocenters. The molecular formula is C28H35F3N8O3S. The van der Waals surface area contributed by atoms with Gasteiger partial charge in [-0.15, -0.1) is 0 Å². The maximum absolute atomic E-state index is 13.9. The minimum Gasteiger partial charge on any atom is -0.480 e. The van der Waals surface area contributed by atoms with E-state index in [1.54, 1.807) is 20.8 Å². The highest BCUT2D eigenvalue weighted by Gasteiger charge is 2.41. The predicted octanol–water partition coefficient (Wildman–Crippen LogP) is 4.21. The number of nitrogens with zero attached hydrogens (tertiary/aromatic N) is 7. The summed E-state index contributed by atoms with van der Waals surface area (Å²) in [7, 11) is 1.45. The number of carbonyl (C=O) groups excluding carboxylic acids is 1. The van der Waals surface area contributed by atoms with Gasteiger partial charge < -0.3 is 15.0 Å². The molecule has 0 aliphatic heterocycles. The van der Waals surface area contributed by atoms with Crippen LogP contribution in [0.4, 0.5) is 13.2 Å². The smallest absolute Gasteiger partial charge is 0.408 e. The van der Waals surface area contributed by atoms with Crippen LogP contribution in [0.2, 0.25) is 0 Å². The Morgan fingerprint density at radius 2 is 1.91 bits per heavy atom. The number of hydrogen-bond acceptors (Lipinski definition) is 9. The first-order chi connectivity index (χ1) is 20.3. The number of nitrogens with one attached hydrogen (secondary N) is 1. The predicted molar refractivity (Wildman–Crippen MR) is 158 cm³/mol. The standard InChI is InChI=1S/C28H35F3N8O3S/c1-8-43(41)20-11-32-21(33-12-20)13-34-22(14-40)38-24(16(2)3)26(39(6)18(5)28(29,30)31)37-17(4)23-25(19-9-10-19)35-15-36-27(23)42-7/h11-12,14-15,18-19H,4,8-10,13H2,1-3,5-7H3,(H,34,38). The molecule has 0 amide bonds. The zero-order valence-corrected chi connectivity index (χ0v) is 25.7. The lowest BCUT2D eigenvalue weighted by Crippen LogP contribution is -2.47. The van der Waals surface area contributed by atoms with E-state index in [1.165, 1.54) is 32.9 Å². The van der Waals surface area contributed by atoms with E-state index in [9.17, 15) is 22.2 Å². The molecule has 1 saturated carbocycles. The van der Waals surface area contributed by atoms with Crippen LogP contribution >= 0.6 is 0 Å². The van der Waals surface area contributed by atoms with Crippen molar-refractivity contribution in [1.29, 1.82) is 0 Å². The van der Waals surface area contributed by atoms with E-state index in [1.807, 2.05) is 0 Å². The number of carbonyl (C=O) groups is 1. The van der Waals surface area contributed by atoms with Gasteiger partial charge in [0.15, 0.2) is 18.0 Å². The van der Waals surface area contributed by atoms with Gasteiger partial charge in [-0.25, -0.2) is 24.9 Å². The number of aliphatic imine (C=N–C) groups is 2. The van der Waals surface area contributed by atoms with E-state index in [4.69, 9.17) is 4.74 Å². The van der Waals surface area contributed by atoms with Gasteiger partial charge in [0.1, 0.15) is 24.7 Å². The monoisotopic (exact) mass is 620 g/mol. The lowest BCUT2D eigenvalue weighted by molar-refractivity contribution is -0.166. The van der Waals surface area contributed by atoms with E-state index in [-0.39, 0.29) is 47.2 Å². The van der Waals surface area contributed by atoms with Crippen molar-refractivity contribution >= 4 is 34.5 Å². The Labute approximate surface area is 251 Å². The summed E-state index contributed by atoms with van der Waals surface area (Å²) in [6.07, 6.45) is 1.84. The second-order valence-electron chi connectivity index (χ2n) is 9.92. The number of allylic oxidation sites excluding steroid dienone is 1. The highest BCUT2D eigenvalue weighted by molar-refractivity contribution is 7.85. The number of ether oxygens (including phenoxy) is 1. The third-order valence-corrected chi connectivity index (χ3v) is 7.86. The third-order valence-electron chi connectivity index (χ3n) is 6.60. The zero-order valence-electron chi connectivity index (χ0n) is 24.9. The number of methoxy groups -OCH3 is 1. The molecule has 3 rings (SSSR count). The van der Waals surface area contributed by atoms with Crippen LogP contribution in [0.1, 0.15) is 63.5 Å². The molecule has 0 aromatic carbocycles. The average Bonchev–Trinajstić information content (AvgIpc) is 3.84. The molecule has 2 atom stereocenters. The first-order valence-electron chi connectivity index (χ1n) is 13.4. The lowest BCUT2D eigenvalue weighted by atomic mass is 10.1. The molecule has 1 aliphatic carbocycles. The van der Waals surface area contributed by atoms with Gasteiger partial charge in [0.2, 0.25) is 5.88 Å². The van der Waals surface area contributed by atoms with Crippen LogP contribution in [0.15, 0.2) is 51.5 Å². The van der Waals surface area contributed by atoms with Gasteiger partial charge in [0.05, 0.1) is 45.5 Å². The number of halogens is 3. The largest absolute Gasteiger partial charge is 0.480 e. The Balaban J connectivity index is 2.04. The van der Waals surface area contributed by atoms with E-state index in [0.29, 0.717) is 33.8 Å². The van der Waals surface area contributed by atoms with Gasteiger partial charge in [0.25, 0.3) is 0 Å². The third kappa shape index (κ3) is 8.52. The number of hydrogen-bond donors (Lipinski definition) is 1. The fourth-order valence-corrected chi connectivity index (χ4v) is 4.55. The summed E-state index contributed by atoms with van der Waals surface area (Å²) >= 11 is 0. The van der Waals surface area contributed by atoms with Gasteiger partial charge in [-0.1, -0.05) is 13.5 Å². The molecule has 15 heteroatoms. The van der Waals surface area contributed by atoms with Gasteiger partial charge in [0, 0.05) is 31.1 Å². The number of aromatic nitrogens is 4. The Bertz CT molecular complexity index is 1450. The molecule has 0 saturated heterocycles. The summed E-state index contributed by atoms with van der Waals surface area (Å²) in [6.45, 7) is 10.0. The van der Waals surface area contributed by atoms with Crippen molar-refractivity contribution in [1.82, 2.24) is 30.2 Å². The molecule has 1 aliphatic rings. The number of likely N-dealkylation sites (N-methyl/N-ethyl adjacent to an activating group) is 1. The highest BCUT2D eigenvalue weighted by Crippen LogP contribution is 2.44. The quantitative estimate of drug-likeness (QED) is 0.210. The molecule has 2 aromatic heterocycles. The maximum atomic E-state index is 13.9. The minimum absolute atomic E-state index is 0.0960. The van der Waals surface area contributed by atoms with Crippen molar-refractivity contribution in [2.75, 3.05) is 19.9 Å². The fraction of sp³-hybridized carbons (Fsp3) is 0.464. The molecule has 11 nitrogen and oxygen atoms in total. The van der Waals surface area contributed by atoms with Crippen LogP contribution in [0.3, 0.4) is 0 Å². The minimum atomic E-state index is -4.59. The Kier molecular flexibility index (Phi) is 11.2. The molecule has 0 spiro atoms. The molecule has 0 bridgehead atoms. The van der Waals surface area contributed by atoms with Crippen molar-refractivity contribution in [3.63, 3.8) is 0 Å². The molecule has 1 N–H and O–H groups in total. The van der Waals surface area contributed by atoms with Crippen LogP contribution in [0.5, 0.6) is 5.88 Å². The number of amidine groups is 2. The number of alkyl halides is 3. The van der Waals surface area contributed by atoms with Crippen molar-refractivity contribution in [3.05, 3.63) is 53.7 Å². The van der Waals surface area contributed by atoms with E-state index >= 15 is 0 Å². The van der Waals surface area contributed by atoms with E-state index < -0.39 is 23.0 Å². The highest BCUT2D eigenvalue weighted by atomic mass is 32.2. The Morgan fingerprint density at radius 3 is 2.42 bits per heavy atom. The first kappa shape index (κ1) is 33.5. The number of aldehydes is 1. The molecule has 1 fully saturated rings. The van der Waals surface area contributed by atoms with E-state index in [0.717, 1.165) is 24.7 Å². The second kappa shape index (κ2) is 14.4. The summed E-state index contributed by atoms with van der Waals surface area (Å²) in [5.41, 5.74) is 1.79. The molecule has 43 heavy (non-hydrogen) atoms. The SMILES string of the molecule is C=C(N=C(C(NC(C=O)=NCc1ncc(S(=O)CC)cn1)=C(C)C)N(C)C(C)C(F)(F)F)c1c(OC)ncnc1C1CC1. The lowest BCUT2D eigenvalue weighted by Gasteiger charge is -2.31. The zero-order chi connectivity index (χ0) is 31.9. The topological polar surface area (TPSA) is 135 Å². The molecule has 232 valence electrons. The first-order valence-corrected chi connectivity index (χ1v) is 14.7. The normalized spacial score (nSPS) is 15.4. The second-order valence-corrected chi connectivity index (χ2v) is 11.7. The maximum Gasteiger partial charge on any atom is 0.408 e. The molecule has 0 radical (unpaired) electrons. The summed E-state index contributed by atoms with van der Waals surface area (Å²) in [6, 6.07) is -1.95. The summed E-state index contributed by atoms with van der Waals surface area (Å²) in [5, 5.41) is 2.85. The summed E-state index contributed by atoms with van der Waals surface area (Å²) < 4.78 is 59.1. The van der Waals surface area contributed by atoms with Crippen LogP contribution in [-0.4, -0.2) is 79.1 Å². The Hall–Kier alpha value is -4.01. The van der Waals surface area contributed by atoms with Crippen molar-refractivity contribution in [2.24, 2.45) is 9.98 Å². The van der Waals surface area contributed by atoms with Crippen molar-refractivity contribution in [3.8, 4) is 5.88 Å². The van der Waals surface area contributed by atoms with Crippen molar-refractivity contribution < 1.29 is 26.9 Å². The average molecular weight is 621 g/mol. The Morgan fingerprint density at radius 1 is 1.26 bits per heavy atom. The van der Waals surface area contributed by atoms with Gasteiger partial charge in [-0.05, 0) is 39.2 Å². The van der Waals surface area contributed by atoms with Crippen LogP contribution in [0.25, 0.3) is 5.70 Å². The summed E-state index contributed by atoms with van der Waals surface area (Å²) in [5.74, 6) is 0.682. The molecular weight excluding hydrogens is 585 g/mol. The van der Waals surface area contributed by atoms with Crippen LogP contribution < -0.4 is 10.1 Å². The summed E-state index contributed by atoms with van der Waals surface area (Å²) in [4.78, 5) is 39.0. The number of rotatable bonds is 12. The van der Waals surface area contributed by atoms with Gasteiger partial charge in [-0.3, -0.25) is 14.0 Å². The molecule has 2 aromatic rings. The van der Waals surface area contributed by atoms with Gasteiger partial charge >= 0.3 is 6.18 Å². The van der Waals surface area contributed by atoms with E-state index in [2.05, 4.69) is 41.8 Å². The van der Waals surface area contributed by atoms with Gasteiger partial charge in [-0.2, -0.15) is 13.2 Å². The van der Waals surface area contributed by atoms with Crippen molar-refractivity contribution in [2.45, 2.75) is 70.1 Å². The van der Waals surface area contributed by atoms with Crippen LogP contribution in [-0.2, 0) is 22.1 Å². The fourth-order valence-electron chi connectivity index (χ4n) is 3.88. The van der Waals surface area contributed by atoms with Crippen LogP contribution in [0, 0.1) is 0 Å². The molecule has 2 heterocycles.